The number of carbonyl (C=O) groups is 1. The van der Waals surface area contributed by atoms with Crippen molar-refractivity contribution in [3.05, 3.63) is 58.9 Å². The number of aryl methyl sites for hydroxylation is 1. The predicted molar refractivity (Wildman–Crippen MR) is 75.6 cm³/mol. The summed E-state index contributed by atoms with van der Waals surface area (Å²) >= 11 is 0. The Hall–Kier alpha value is -2.30. The van der Waals surface area contributed by atoms with Gasteiger partial charge in [0.1, 0.15) is 5.69 Å². The van der Waals surface area contributed by atoms with E-state index < -0.39 is 18.0 Å². The molecule has 1 amide bonds. The summed E-state index contributed by atoms with van der Waals surface area (Å²) < 4.78 is 25.8. The maximum Gasteiger partial charge on any atom is 0.281 e. The number of pyridine rings is 1. The van der Waals surface area contributed by atoms with Crippen LogP contribution < -0.4 is 5.32 Å². The first kappa shape index (κ1) is 13.7. The van der Waals surface area contributed by atoms with Gasteiger partial charge < -0.3 is 5.32 Å². The van der Waals surface area contributed by atoms with Gasteiger partial charge in [-0.1, -0.05) is 12.1 Å². The molecule has 2 aromatic rings. The molecule has 1 aliphatic carbocycles. The molecule has 0 fully saturated rings. The first-order valence-corrected chi connectivity index (χ1v) is 6.82. The number of hydrogen-bond acceptors (Lipinski definition) is 2. The van der Waals surface area contributed by atoms with Crippen LogP contribution in [0.4, 0.5) is 14.5 Å². The summed E-state index contributed by atoms with van der Waals surface area (Å²) in [4.78, 5) is 15.9. The van der Waals surface area contributed by atoms with Crippen LogP contribution in [0, 0.1) is 0 Å². The quantitative estimate of drug-likeness (QED) is 0.934. The van der Waals surface area contributed by atoms with E-state index in [9.17, 15) is 13.6 Å². The number of anilines is 1. The number of halogens is 2. The van der Waals surface area contributed by atoms with Crippen LogP contribution >= 0.6 is 0 Å². The third-order valence-corrected chi connectivity index (χ3v) is 3.68. The standard InChI is InChI=1S/C16H14F2N2O/c17-15(18)14-12(7-3-9-19-14)16(21)20-13-8-2-5-10-4-1-6-11(10)13/h2-3,5,7-9,15H,1,4,6H2,(H,20,21). The van der Waals surface area contributed by atoms with Gasteiger partial charge in [-0.2, -0.15) is 0 Å². The number of fused-ring (bicyclic) bond motifs is 1. The summed E-state index contributed by atoms with van der Waals surface area (Å²) in [5, 5.41) is 2.74. The molecule has 1 N–H and O–H groups in total. The SMILES string of the molecule is O=C(Nc1cccc2c1CCC2)c1cccnc1C(F)F. The summed E-state index contributed by atoms with van der Waals surface area (Å²) in [6.45, 7) is 0. The monoisotopic (exact) mass is 288 g/mol. The Morgan fingerprint density at radius 2 is 2.05 bits per heavy atom. The smallest absolute Gasteiger partial charge is 0.281 e. The molecular weight excluding hydrogens is 274 g/mol. The van der Waals surface area contributed by atoms with E-state index in [1.54, 1.807) is 6.07 Å². The molecule has 0 radical (unpaired) electrons. The minimum absolute atomic E-state index is 0.0805. The van der Waals surface area contributed by atoms with Gasteiger partial charge >= 0.3 is 0 Å². The van der Waals surface area contributed by atoms with Crippen molar-refractivity contribution in [1.82, 2.24) is 4.98 Å². The first-order valence-electron chi connectivity index (χ1n) is 6.82. The molecule has 1 heterocycles. The van der Waals surface area contributed by atoms with Crippen molar-refractivity contribution in [3.8, 4) is 0 Å². The maximum absolute atomic E-state index is 12.9. The molecule has 0 saturated carbocycles. The van der Waals surface area contributed by atoms with E-state index in [0.717, 1.165) is 24.8 Å². The van der Waals surface area contributed by atoms with Gasteiger partial charge in [0.15, 0.2) is 0 Å². The van der Waals surface area contributed by atoms with Gasteiger partial charge in [-0.25, -0.2) is 8.78 Å². The van der Waals surface area contributed by atoms with Crippen molar-refractivity contribution in [2.45, 2.75) is 25.7 Å². The second-order valence-corrected chi connectivity index (χ2v) is 4.99. The van der Waals surface area contributed by atoms with Crippen LogP contribution in [0.1, 0.15) is 40.0 Å². The number of nitrogens with zero attached hydrogens (tertiary/aromatic N) is 1. The van der Waals surface area contributed by atoms with Crippen molar-refractivity contribution < 1.29 is 13.6 Å². The van der Waals surface area contributed by atoms with Crippen molar-refractivity contribution >= 4 is 11.6 Å². The second kappa shape index (κ2) is 5.60. The molecule has 0 bridgehead atoms. The van der Waals surface area contributed by atoms with E-state index in [1.807, 2.05) is 12.1 Å². The average molecular weight is 288 g/mol. The van der Waals surface area contributed by atoms with Gasteiger partial charge in [-0.15, -0.1) is 0 Å². The van der Waals surface area contributed by atoms with Gasteiger partial charge in [-0.05, 0) is 48.6 Å². The summed E-state index contributed by atoms with van der Waals surface area (Å²) in [6, 6.07) is 8.56. The molecule has 0 spiro atoms. The number of rotatable bonds is 3. The Kier molecular flexibility index (Phi) is 3.64. The minimum Gasteiger partial charge on any atom is -0.322 e. The fourth-order valence-electron chi connectivity index (χ4n) is 2.71. The Morgan fingerprint density at radius 1 is 1.19 bits per heavy atom. The highest BCUT2D eigenvalue weighted by Gasteiger charge is 2.21. The lowest BCUT2D eigenvalue weighted by Crippen LogP contribution is -2.16. The maximum atomic E-state index is 12.9. The zero-order valence-corrected chi connectivity index (χ0v) is 11.3. The van der Waals surface area contributed by atoms with Gasteiger partial charge in [0.25, 0.3) is 12.3 Å². The third kappa shape index (κ3) is 2.63. The molecule has 1 aromatic heterocycles. The van der Waals surface area contributed by atoms with E-state index in [4.69, 9.17) is 0 Å². The second-order valence-electron chi connectivity index (χ2n) is 4.99. The minimum atomic E-state index is -2.77. The Bertz CT molecular complexity index is 686. The summed E-state index contributed by atoms with van der Waals surface area (Å²) in [5.41, 5.74) is 2.46. The molecule has 3 nitrogen and oxygen atoms in total. The lowest BCUT2D eigenvalue weighted by molar-refractivity contribution is 0.100. The zero-order valence-electron chi connectivity index (χ0n) is 11.3. The highest BCUT2D eigenvalue weighted by atomic mass is 19.3. The van der Waals surface area contributed by atoms with Crippen LogP contribution in [-0.4, -0.2) is 10.9 Å². The highest BCUT2D eigenvalue weighted by Crippen LogP contribution is 2.29. The molecule has 0 unspecified atom stereocenters. The first-order chi connectivity index (χ1) is 10.2. The summed E-state index contributed by atoms with van der Waals surface area (Å²) in [5.74, 6) is -0.543. The van der Waals surface area contributed by atoms with Crippen LogP contribution in [-0.2, 0) is 12.8 Å². The third-order valence-electron chi connectivity index (χ3n) is 3.68. The van der Waals surface area contributed by atoms with E-state index in [2.05, 4.69) is 10.3 Å². The Labute approximate surface area is 121 Å². The van der Waals surface area contributed by atoms with Crippen LogP contribution in [0.2, 0.25) is 0 Å². The van der Waals surface area contributed by atoms with E-state index in [-0.39, 0.29) is 5.56 Å². The fourth-order valence-corrected chi connectivity index (χ4v) is 2.71. The lowest BCUT2D eigenvalue weighted by Gasteiger charge is -2.12. The van der Waals surface area contributed by atoms with E-state index in [0.29, 0.717) is 5.69 Å². The summed E-state index contributed by atoms with van der Waals surface area (Å²) in [6.07, 6.45) is 1.44. The largest absolute Gasteiger partial charge is 0.322 e. The Balaban J connectivity index is 1.90. The number of amides is 1. The predicted octanol–water partition coefficient (Wildman–Crippen LogP) is 3.76. The molecule has 1 aromatic carbocycles. The van der Waals surface area contributed by atoms with Crippen LogP contribution in [0.15, 0.2) is 36.5 Å². The zero-order chi connectivity index (χ0) is 14.8. The Morgan fingerprint density at radius 3 is 2.86 bits per heavy atom. The molecule has 0 saturated heterocycles. The molecule has 0 atom stereocenters. The topological polar surface area (TPSA) is 42.0 Å². The molecular formula is C16H14F2N2O. The molecule has 21 heavy (non-hydrogen) atoms. The molecule has 108 valence electrons. The van der Waals surface area contributed by atoms with Gasteiger partial charge in [0.2, 0.25) is 0 Å². The number of benzene rings is 1. The number of hydrogen-bond donors (Lipinski definition) is 1. The van der Waals surface area contributed by atoms with Gasteiger partial charge in [0.05, 0.1) is 5.56 Å². The van der Waals surface area contributed by atoms with Gasteiger partial charge in [-0.3, -0.25) is 9.78 Å². The molecule has 5 heteroatoms. The molecule has 1 aliphatic rings. The van der Waals surface area contributed by atoms with E-state index >= 15 is 0 Å². The van der Waals surface area contributed by atoms with Crippen LogP contribution in [0.5, 0.6) is 0 Å². The molecule has 3 rings (SSSR count). The number of alkyl halides is 2. The van der Waals surface area contributed by atoms with Crippen molar-refractivity contribution in [1.29, 1.82) is 0 Å². The summed E-state index contributed by atoms with van der Waals surface area (Å²) in [7, 11) is 0. The lowest BCUT2D eigenvalue weighted by atomic mass is 10.1. The van der Waals surface area contributed by atoms with Crippen LogP contribution in [0.3, 0.4) is 0 Å². The van der Waals surface area contributed by atoms with Crippen LogP contribution in [0.25, 0.3) is 0 Å². The van der Waals surface area contributed by atoms with Gasteiger partial charge in [0, 0.05) is 11.9 Å². The van der Waals surface area contributed by atoms with Crippen molar-refractivity contribution in [2.24, 2.45) is 0 Å². The fraction of sp³-hybridized carbons (Fsp3) is 0.250. The van der Waals surface area contributed by atoms with E-state index in [1.165, 1.54) is 23.9 Å². The molecule has 0 aliphatic heterocycles. The number of nitrogens with one attached hydrogen (secondary N) is 1. The highest BCUT2D eigenvalue weighted by molar-refractivity contribution is 6.05. The number of carbonyl (C=O) groups excluding carboxylic acids is 1. The average Bonchev–Trinajstić information content (AvgIpc) is 2.96. The normalized spacial score (nSPS) is 13.3. The van der Waals surface area contributed by atoms with Crippen molar-refractivity contribution in [2.75, 3.05) is 5.32 Å². The number of aromatic nitrogens is 1. The van der Waals surface area contributed by atoms with Crippen molar-refractivity contribution in [3.63, 3.8) is 0 Å².